The molecule has 0 aliphatic carbocycles. The Hall–Kier alpha value is -2.47. The summed E-state index contributed by atoms with van der Waals surface area (Å²) >= 11 is 0. The van der Waals surface area contributed by atoms with Crippen molar-refractivity contribution < 1.29 is 4.74 Å². The van der Waals surface area contributed by atoms with Crippen LogP contribution < -0.4 is 4.90 Å². The summed E-state index contributed by atoms with van der Waals surface area (Å²) in [7, 11) is 0. The predicted octanol–water partition coefficient (Wildman–Crippen LogP) is 3.26. The molecule has 3 aromatic heterocycles. The van der Waals surface area contributed by atoms with Gasteiger partial charge >= 0.3 is 0 Å². The van der Waals surface area contributed by atoms with Crippen molar-refractivity contribution >= 4 is 11.5 Å². The highest BCUT2D eigenvalue weighted by Gasteiger charge is 2.23. The number of pyridine rings is 1. The van der Waals surface area contributed by atoms with Gasteiger partial charge in [-0.2, -0.15) is 9.61 Å². The summed E-state index contributed by atoms with van der Waals surface area (Å²) in [6, 6.07) is 10.1. The Labute approximate surface area is 153 Å². The number of aromatic nitrogens is 4. The Morgan fingerprint density at radius 3 is 3.00 bits per heavy atom. The molecule has 0 radical (unpaired) electrons. The first-order chi connectivity index (χ1) is 12.8. The van der Waals surface area contributed by atoms with Crippen LogP contribution in [0.2, 0.25) is 0 Å². The van der Waals surface area contributed by atoms with Crippen molar-refractivity contribution in [3.05, 3.63) is 54.1 Å². The van der Waals surface area contributed by atoms with E-state index in [1.807, 2.05) is 41.2 Å². The van der Waals surface area contributed by atoms with Gasteiger partial charge in [-0.3, -0.25) is 4.98 Å². The van der Waals surface area contributed by atoms with Crippen LogP contribution in [-0.4, -0.2) is 38.8 Å². The van der Waals surface area contributed by atoms with Crippen LogP contribution in [0.15, 0.2) is 42.7 Å². The number of hydrogen-bond acceptors (Lipinski definition) is 5. The number of piperidine rings is 1. The van der Waals surface area contributed by atoms with Crippen LogP contribution in [0.5, 0.6) is 0 Å². The maximum atomic E-state index is 6.14. The maximum absolute atomic E-state index is 6.14. The summed E-state index contributed by atoms with van der Waals surface area (Å²) in [5.41, 5.74) is 3.03. The average Bonchev–Trinajstić information content (AvgIpc) is 3.16. The molecular weight excluding hydrogens is 326 g/mol. The van der Waals surface area contributed by atoms with Crippen LogP contribution >= 0.6 is 0 Å². The largest absolute Gasteiger partial charge is 0.370 e. The van der Waals surface area contributed by atoms with Gasteiger partial charge in [0.15, 0.2) is 5.65 Å². The third kappa shape index (κ3) is 3.70. The second kappa shape index (κ2) is 7.83. The van der Waals surface area contributed by atoms with Crippen molar-refractivity contribution in [1.29, 1.82) is 0 Å². The summed E-state index contributed by atoms with van der Waals surface area (Å²) in [5.74, 6) is 1.12. The standard InChI is InChI=1S/C20H25N5O/c1-2-6-16-13-20(25-19(23-16)9-11-22-25)24-12-5-8-18(14-24)26-15-17-7-3-4-10-21-17/h3-4,7,9-11,13,18H,2,5-6,8,12,14-15H2,1H3/t18-/m0/s1. The summed E-state index contributed by atoms with van der Waals surface area (Å²) in [5, 5.41) is 4.48. The minimum atomic E-state index is 0.208. The predicted molar refractivity (Wildman–Crippen MR) is 101 cm³/mol. The summed E-state index contributed by atoms with van der Waals surface area (Å²) in [6.45, 7) is 4.64. The fraction of sp³-hybridized carbons (Fsp3) is 0.450. The molecule has 0 spiro atoms. The zero-order valence-electron chi connectivity index (χ0n) is 15.2. The monoisotopic (exact) mass is 351 g/mol. The molecule has 26 heavy (non-hydrogen) atoms. The van der Waals surface area contributed by atoms with E-state index in [0.717, 1.165) is 61.6 Å². The summed E-state index contributed by atoms with van der Waals surface area (Å²) in [4.78, 5) is 11.4. The molecule has 1 fully saturated rings. The number of nitrogens with zero attached hydrogens (tertiary/aromatic N) is 5. The molecule has 1 aliphatic rings. The molecule has 6 nitrogen and oxygen atoms in total. The van der Waals surface area contributed by atoms with Crippen LogP contribution in [0, 0.1) is 0 Å². The average molecular weight is 351 g/mol. The smallest absolute Gasteiger partial charge is 0.157 e. The number of fused-ring (bicyclic) bond motifs is 1. The van der Waals surface area contributed by atoms with Gasteiger partial charge in [0.2, 0.25) is 0 Å². The molecule has 136 valence electrons. The molecule has 0 unspecified atom stereocenters. The highest BCUT2D eigenvalue weighted by molar-refractivity contribution is 5.51. The second-order valence-electron chi connectivity index (χ2n) is 6.80. The lowest BCUT2D eigenvalue weighted by Crippen LogP contribution is -2.40. The molecule has 1 aliphatic heterocycles. The molecule has 4 heterocycles. The van der Waals surface area contributed by atoms with E-state index >= 15 is 0 Å². The summed E-state index contributed by atoms with van der Waals surface area (Å²) < 4.78 is 8.09. The number of aryl methyl sites for hydroxylation is 1. The molecule has 0 amide bonds. The number of rotatable bonds is 6. The topological polar surface area (TPSA) is 55.5 Å². The summed E-state index contributed by atoms with van der Waals surface area (Å²) in [6.07, 6.45) is 8.11. The van der Waals surface area contributed by atoms with Crippen molar-refractivity contribution in [2.45, 2.75) is 45.3 Å². The van der Waals surface area contributed by atoms with Crippen molar-refractivity contribution in [1.82, 2.24) is 19.6 Å². The van der Waals surface area contributed by atoms with Gasteiger partial charge in [0.05, 0.1) is 24.6 Å². The Kier molecular flexibility index (Phi) is 5.11. The van der Waals surface area contributed by atoms with Gasteiger partial charge in [-0.1, -0.05) is 19.4 Å². The van der Waals surface area contributed by atoms with Gasteiger partial charge in [0, 0.05) is 37.1 Å². The van der Waals surface area contributed by atoms with E-state index in [1.165, 1.54) is 0 Å². The van der Waals surface area contributed by atoms with Gasteiger partial charge in [0.25, 0.3) is 0 Å². The van der Waals surface area contributed by atoms with E-state index in [1.54, 1.807) is 0 Å². The minimum Gasteiger partial charge on any atom is -0.370 e. The SMILES string of the molecule is CCCc1cc(N2CCC[C@H](OCc3ccccn3)C2)n2nccc2n1. The second-order valence-corrected chi connectivity index (χ2v) is 6.80. The molecule has 1 saturated heterocycles. The molecule has 6 heteroatoms. The van der Waals surface area contributed by atoms with Crippen LogP contribution in [0.1, 0.15) is 37.6 Å². The molecule has 0 bridgehead atoms. The lowest BCUT2D eigenvalue weighted by Gasteiger charge is -2.34. The Bertz CT molecular complexity index is 848. The number of anilines is 1. The zero-order valence-corrected chi connectivity index (χ0v) is 15.2. The fourth-order valence-electron chi connectivity index (χ4n) is 3.53. The molecule has 1 atom stereocenters. The third-order valence-electron chi connectivity index (χ3n) is 4.79. The zero-order chi connectivity index (χ0) is 17.8. The first kappa shape index (κ1) is 17.0. The first-order valence-corrected chi connectivity index (χ1v) is 9.43. The molecular formula is C20H25N5O. The van der Waals surface area contributed by atoms with Crippen molar-refractivity contribution in [3.8, 4) is 0 Å². The highest BCUT2D eigenvalue weighted by Crippen LogP contribution is 2.23. The lowest BCUT2D eigenvalue weighted by molar-refractivity contribution is 0.0296. The number of ether oxygens (including phenoxy) is 1. The van der Waals surface area contributed by atoms with Gasteiger partial charge < -0.3 is 9.64 Å². The van der Waals surface area contributed by atoms with Crippen LogP contribution in [0.3, 0.4) is 0 Å². The van der Waals surface area contributed by atoms with E-state index < -0.39 is 0 Å². The van der Waals surface area contributed by atoms with Crippen molar-refractivity contribution in [2.75, 3.05) is 18.0 Å². The maximum Gasteiger partial charge on any atom is 0.157 e. The van der Waals surface area contributed by atoms with E-state index in [2.05, 4.69) is 28.0 Å². The third-order valence-corrected chi connectivity index (χ3v) is 4.79. The van der Waals surface area contributed by atoms with Crippen LogP contribution in [0.4, 0.5) is 5.82 Å². The Morgan fingerprint density at radius 2 is 2.15 bits per heavy atom. The quantitative estimate of drug-likeness (QED) is 0.682. The first-order valence-electron chi connectivity index (χ1n) is 9.43. The molecule has 0 N–H and O–H groups in total. The van der Waals surface area contributed by atoms with Gasteiger partial charge in [0.1, 0.15) is 5.82 Å². The lowest BCUT2D eigenvalue weighted by atomic mass is 10.1. The molecule has 4 rings (SSSR count). The van der Waals surface area contributed by atoms with Crippen molar-refractivity contribution in [3.63, 3.8) is 0 Å². The van der Waals surface area contributed by atoms with Gasteiger partial charge in [-0.25, -0.2) is 4.98 Å². The Balaban J connectivity index is 1.50. The van der Waals surface area contributed by atoms with Crippen LogP contribution in [0.25, 0.3) is 5.65 Å². The normalized spacial score (nSPS) is 17.7. The minimum absolute atomic E-state index is 0.208. The van der Waals surface area contributed by atoms with E-state index in [-0.39, 0.29) is 6.10 Å². The number of hydrogen-bond donors (Lipinski definition) is 0. The van der Waals surface area contributed by atoms with Crippen molar-refractivity contribution in [2.24, 2.45) is 0 Å². The van der Waals surface area contributed by atoms with E-state index in [0.29, 0.717) is 6.61 Å². The van der Waals surface area contributed by atoms with E-state index in [9.17, 15) is 0 Å². The van der Waals surface area contributed by atoms with Crippen LogP contribution in [-0.2, 0) is 17.8 Å². The highest BCUT2D eigenvalue weighted by atomic mass is 16.5. The molecule has 3 aromatic rings. The molecule has 0 saturated carbocycles. The fourth-order valence-corrected chi connectivity index (χ4v) is 3.53. The van der Waals surface area contributed by atoms with Gasteiger partial charge in [-0.05, 0) is 31.4 Å². The van der Waals surface area contributed by atoms with Gasteiger partial charge in [-0.15, -0.1) is 0 Å². The molecule has 0 aromatic carbocycles. The van der Waals surface area contributed by atoms with E-state index in [4.69, 9.17) is 9.72 Å². The Morgan fingerprint density at radius 1 is 1.19 bits per heavy atom.